The number of hydrogen-bond acceptors (Lipinski definition) is 4. The van der Waals surface area contributed by atoms with Crippen molar-refractivity contribution in [1.82, 2.24) is 14.5 Å². The van der Waals surface area contributed by atoms with Gasteiger partial charge in [0.15, 0.2) is 0 Å². The molecule has 0 amide bonds. The summed E-state index contributed by atoms with van der Waals surface area (Å²) < 4.78 is 2.05. The molecule has 0 aliphatic carbocycles. The molecule has 2 aromatic heterocycles. The summed E-state index contributed by atoms with van der Waals surface area (Å²) in [5.41, 5.74) is 4.46. The molecule has 0 spiro atoms. The Morgan fingerprint density at radius 2 is 1.97 bits per heavy atom. The molecule has 2 aromatic carbocycles. The average Bonchev–Trinajstić information content (AvgIpc) is 3.19. The maximum Gasteiger partial charge on any atom is 0.326 e. The van der Waals surface area contributed by atoms with Crippen molar-refractivity contribution in [3.05, 3.63) is 89.9 Å². The fourth-order valence-corrected chi connectivity index (χ4v) is 4.13. The van der Waals surface area contributed by atoms with E-state index in [-0.39, 0.29) is 0 Å². The number of nitrogens with one attached hydrogen (secondary N) is 1. The molecule has 168 valence electrons. The van der Waals surface area contributed by atoms with Crippen LogP contribution in [0.5, 0.6) is 0 Å². The molecule has 0 aliphatic heterocycles. The van der Waals surface area contributed by atoms with Crippen LogP contribution in [0.3, 0.4) is 0 Å². The second kappa shape index (κ2) is 9.88. The summed E-state index contributed by atoms with van der Waals surface area (Å²) in [4.78, 5) is 21.1. The van der Waals surface area contributed by atoms with Crippen LogP contribution in [-0.2, 0) is 17.8 Å². The first-order valence-corrected chi connectivity index (χ1v) is 11.1. The summed E-state index contributed by atoms with van der Waals surface area (Å²) in [5, 5.41) is 14.5. The standard InChI is InChI=1S/C26H25ClN4O2/c1-3-4-13-31-15-20(19-11-8-12-21(27)17(19)2)23-24(28-16-29-25(23)31)30-22(26(32)33)14-18-9-6-5-7-10-18/h3,5-12,15-16,22H,1,4,13-14H2,2H3,(H,32,33)(H,28,29,30)/t22-/m1/s1. The molecule has 1 atom stereocenters. The van der Waals surface area contributed by atoms with E-state index in [1.807, 2.05) is 72.3 Å². The Hall–Kier alpha value is -3.64. The maximum absolute atomic E-state index is 12.1. The van der Waals surface area contributed by atoms with Crippen LogP contribution in [0.4, 0.5) is 5.82 Å². The minimum atomic E-state index is -0.947. The predicted molar refractivity (Wildman–Crippen MR) is 133 cm³/mol. The van der Waals surface area contributed by atoms with E-state index in [0.29, 0.717) is 23.8 Å². The number of aromatic nitrogens is 3. The van der Waals surface area contributed by atoms with Gasteiger partial charge in [0.1, 0.15) is 23.8 Å². The highest BCUT2D eigenvalue weighted by atomic mass is 35.5. The summed E-state index contributed by atoms with van der Waals surface area (Å²) >= 11 is 6.42. The van der Waals surface area contributed by atoms with E-state index in [1.54, 1.807) is 0 Å². The Labute approximate surface area is 197 Å². The number of carbonyl (C=O) groups is 1. The van der Waals surface area contributed by atoms with Crippen LogP contribution in [0.25, 0.3) is 22.2 Å². The van der Waals surface area contributed by atoms with E-state index in [2.05, 4.69) is 21.9 Å². The van der Waals surface area contributed by atoms with Crippen molar-refractivity contribution >= 4 is 34.4 Å². The molecule has 0 fully saturated rings. The van der Waals surface area contributed by atoms with Crippen molar-refractivity contribution < 1.29 is 9.90 Å². The quantitative estimate of drug-likeness (QED) is 0.311. The molecule has 4 rings (SSSR count). The number of benzene rings is 2. The first kappa shape index (κ1) is 22.6. The van der Waals surface area contributed by atoms with Crippen LogP contribution in [0, 0.1) is 6.92 Å². The van der Waals surface area contributed by atoms with Crippen molar-refractivity contribution in [1.29, 1.82) is 0 Å². The van der Waals surface area contributed by atoms with Gasteiger partial charge < -0.3 is 15.0 Å². The number of allylic oxidation sites excluding steroid dienone is 1. The Kier molecular flexibility index (Phi) is 6.75. The summed E-state index contributed by atoms with van der Waals surface area (Å²) in [6, 6.07) is 14.5. The van der Waals surface area contributed by atoms with E-state index < -0.39 is 12.0 Å². The molecule has 0 aliphatic rings. The molecule has 6 nitrogen and oxygen atoms in total. The van der Waals surface area contributed by atoms with E-state index in [4.69, 9.17) is 11.6 Å². The SMILES string of the molecule is C=CCCn1cc(-c2cccc(Cl)c2C)c2c(N[C@H](Cc3ccccc3)C(=O)O)ncnc21. The topological polar surface area (TPSA) is 80.0 Å². The second-order valence-electron chi connectivity index (χ2n) is 7.87. The van der Waals surface area contributed by atoms with Crippen molar-refractivity contribution in [2.45, 2.75) is 32.4 Å². The summed E-state index contributed by atoms with van der Waals surface area (Å²) in [7, 11) is 0. The molecular formula is C26H25ClN4O2. The molecule has 7 heteroatoms. The van der Waals surface area contributed by atoms with Crippen LogP contribution in [0.2, 0.25) is 5.02 Å². The second-order valence-corrected chi connectivity index (χ2v) is 8.28. The number of carboxylic acid groups (broad SMARTS) is 1. The lowest BCUT2D eigenvalue weighted by Crippen LogP contribution is -2.32. The van der Waals surface area contributed by atoms with E-state index in [0.717, 1.165) is 39.7 Å². The van der Waals surface area contributed by atoms with Gasteiger partial charge in [0.25, 0.3) is 0 Å². The van der Waals surface area contributed by atoms with Gasteiger partial charge in [-0.15, -0.1) is 6.58 Å². The lowest BCUT2D eigenvalue weighted by Gasteiger charge is -2.16. The van der Waals surface area contributed by atoms with E-state index >= 15 is 0 Å². The number of fused-ring (bicyclic) bond motifs is 1. The first-order chi connectivity index (χ1) is 16.0. The fraction of sp³-hybridized carbons (Fsp3) is 0.192. The van der Waals surface area contributed by atoms with Gasteiger partial charge in [0, 0.05) is 29.7 Å². The van der Waals surface area contributed by atoms with Crippen molar-refractivity contribution in [3.8, 4) is 11.1 Å². The molecule has 0 bridgehead atoms. The summed E-state index contributed by atoms with van der Waals surface area (Å²) in [5.74, 6) is -0.466. The van der Waals surface area contributed by atoms with Gasteiger partial charge in [-0.05, 0) is 36.1 Å². The third kappa shape index (κ3) is 4.76. The Morgan fingerprint density at radius 1 is 1.18 bits per heavy atom. The highest BCUT2D eigenvalue weighted by Crippen LogP contribution is 2.37. The third-order valence-electron chi connectivity index (χ3n) is 5.68. The van der Waals surface area contributed by atoms with Gasteiger partial charge in [0.05, 0.1) is 5.39 Å². The fourth-order valence-electron chi connectivity index (χ4n) is 3.95. The molecule has 0 unspecified atom stereocenters. The number of hydrogen-bond donors (Lipinski definition) is 2. The molecule has 0 saturated carbocycles. The molecule has 33 heavy (non-hydrogen) atoms. The van der Waals surface area contributed by atoms with Crippen LogP contribution in [0.15, 0.2) is 73.7 Å². The number of anilines is 1. The lowest BCUT2D eigenvalue weighted by atomic mass is 10.0. The normalized spacial score (nSPS) is 11.9. The molecule has 0 radical (unpaired) electrons. The highest BCUT2D eigenvalue weighted by molar-refractivity contribution is 6.31. The largest absolute Gasteiger partial charge is 0.480 e. The number of rotatable bonds is 9. The van der Waals surface area contributed by atoms with Crippen LogP contribution >= 0.6 is 11.6 Å². The van der Waals surface area contributed by atoms with Gasteiger partial charge >= 0.3 is 5.97 Å². The summed E-state index contributed by atoms with van der Waals surface area (Å²) in [6.07, 6.45) is 6.45. The van der Waals surface area contributed by atoms with Crippen molar-refractivity contribution in [2.75, 3.05) is 5.32 Å². The maximum atomic E-state index is 12.1. The van der Waals surface area contributed by atoms with E-state index in [9.17, 15) is 9.90 Å². The monoisotopic (exact) mass is 460 g/mol. The summed E-state index contributed by atoms with van der Waals surface area (Å²) in [6.45, 7) is 6.49. The number of halogens is 1. The first-order valence-electron chi connectivity index (χ1n) is 10.7. The number of aryl methyl sites for hydroxylation is 1. The van der Waals surface area contributed by atoms with Crippen LogP contribution in [-0.4, -0.2) is 31.7 Å². The van der Waals surface area contributed by atoms with Gasteiger partial charge in [-0.2, -0.15) is 0 Å². The molecule has 2 heterocycles. The van der Waals surface area contributed by atoms with Crippen molar-refractivity contribution in [2.24, 2.45) is 0 Å². The zero-order valence-corrected chi connectivity index (χ0v) is 19.1. The minimum Gasteiger partial charge on any atom is -0.480 e. The zero-order valence-electron chi connectivity index (χ0n) is 18.3. The number of aliphatic carboxylic acids is 1. The Balaban J connectivity index is 1.84. The third-order valence-corrected chi connectivity index (χ3v) is 6.09. The van der Waals surface area contributed by atoms with Gasteiger partial charge in [-0.1, -0.05) is 60.1 Å². The predicted octanol–water partition coefficient (Wildman–Crippen LogP) is 5.74. The zero-order chi connectivity index (χ0) is 23.4. The van der Waals surface area contributed by atoms with Gasteiger partial charge in [0.2, 0.25) is 0 Å². The minimum absolute atomic E-state index is 0.324. The van der Waals surface area contributed by atoms with Crippen LogP contribution in [0.1, 0.15) is 17.5 Å². The molecule has 2 N–H and O–H groups in total. The van der Waals surface area contributed by atoms with Gasteiger partial charge in [-0.25, -0.2) is 14.8 Å². The number of carboxylic acids is 1. The Morgan fingerprint density at radius 3 is 2.70 bits per heavy atom. The molecule has 4 aromatic rings. The Bertz CT molecular complexity index is 1300. The smallest absolute Gasteiger partial charge is 0.326 e. The lowest BCUT2D eigenvalue weighted by molar-refractivity contribution is -0.137. The molecule has 0 saturated heterocycles. The average molecular weight is 461 g/mol. The van der Waals surface area contributed by atoms with Crippen molar-refractivity contribution in [3.63, 3.8) is 0 Å². The van der Waals surface area contributed by atoms with Gasteiger partial charge in [-0.3, -0.25) is 0 Å². The van der Waals surface area contributed by atoms with E-state index in [1.165, 1.54) is 6.33 Å². The molecular weight excluding hydrogens is 436 g/mol. The van der Waals surface area contributed by atoms with Crippen LogP contribution < -0.4 is 5.32 Å². The highest BCUT2D eigenvalue weighted by Gasteiger charge is 2.23. The number of nitrogens with zero attached hydrogens (tertiary/aromatic N) is 3.